The summed E-state index contributed by atoms with van der Waals surface area (Å²) in [6.07, 6.45) is 0. The number of ether oxygens (including phenoxy) is 1. The molecule has 6 nitrogen and oxygen atoms in total. The molecule has 4 rings (SSSR count). The second kappa shape index (κ2) is 8.20. The summed E-state index contributed by atoms with van der Waals surface area (Å²) in [4.78, 5) is 30.6. The molecule has 7 heteroatoms. The third kappa shape index (κ3) is 4.29. The summed E-state index contributed by atoms with van der Waals surface area (Å²) < 4.78 is 5.24. The number of esters is 1. The predicted octanol–water partition coefficient (Wildman–Crippen LogP) is 2.41. The molecule has 0 saturated carbocycles. The van der Waals surface area contributed by atoms with Crippen LogP contribution < -0.4 is 9.64 Å². The normalized spacial score (nSPS) is 17.2. The van der Waals surface area contributed by atoms with Crippen LogP contribution in [0.15, 0.2) is 48.5 Å². The van der Waals surface area contributed by atoms with E-state index in [0.717, 1.165) is 19.6 Å². The van der Waals surface area contributed by atoms with Crippen molar-refractivity contribution in [2.45, 2.75) is 6.54 Å². The van der Waals surface area contributed by atoms with Gasteiger partial charge in [0.2, 0.25) is 5.91 Å². The minimum atomic E-state index is -0.365. The Labute approximate surface area is 169 Å². The van der Waals surface area contributed by atoms with Crippen LogP contribution in [0.4, 0.5) is 5.69 Å². The van der Waals surface area contributed by atoms with E-state index in [1.807, 2.05) is 23.1 Å². The summed E-state index contributed by atoms with van der Waals surface area (Å²) in [5, 5.41) is 0.545. The van der Waals surface area contributed by atoms with Gasteiger partial charge in [0.05, 0.1) is 12.2 Å². The third-order valence-corrected chi connectivity index (χ3v) is 5.34. The largest absolute Gasteiger partial charge is 0.423 e. The van der Waals surface area contributed by atoms with Gasteiger partial charge in [0.15, 0.2) is 5.75 Å². The molecule has 0 bridgehead atoms. The van der Waals surface area contributed by atoms with Gasteiger partial charge in [-0.1, -0.05) is 41.9 Å². The van der Waals surface area contributed by atoms with Crippen LogP contribution >= 0.6 is 11.6 Å². The molecule has 2 aromatic carbocycles. The van der Waals surface area contributed by atoms with E-state index in [1.165, 1.54) is 5.56 Å². The molecule has 2 heterocycles. The van der Waals surface area contributed by atoms with Gasteiger partial charge >= 0.3 is 5.97 Å². The van der Waals surface area contributed by atoms with Gasteiger partial charge in [0.1, 0.15) is 6.54 Å². The summed E-state index contributed by atoms with van der Waals surface area (Å²) in [6.45, 7) is 4.13. The number of amides is 1. The van der Waals surface area contributed by atoms with Crippen LogP contribution in [0.2, 0.25) is 5.02 Å². The zero-order chi connectivity index (χ0) is 19.5. The molecular weight excluding hydrogens is 378 g/mol. The summed E-state index contributed by atoms with van der Waals surface area (Å²) >= 11 is 6.08. The van der Waals surface area contributed by atoms with Crippen molar-refractivity contribution < 1.29 is 14.3 Å². The van der Waals surface area contributed by atoms with Crippen LogP contribution in [-0.4, -0.2) is 60.9 Å². The zero-order valence-corrected chi connectivity index (χ0v) is 16.3. The average Bonchev–Trinajstić information content (AvgIpc) is 2.70. The fraction of sp³-hybridized carbons (Fsp3) is 0.333. The first-order valence-electron chi connectivity index (χ1n) is 9.38. The monoisotopic (exact) mass is 399 g/mol. The summed E-state index contributed by atoms with van der Waals surface area (Å²) in [5.74, 6) is 0.0939. The number of nitrogens with zero attached hydrogens (tertiary/aromatic N) is 3. The maximum Gasteiger partial charge on any atom is 0.331 e. The highest BCUT2D eigenvalue weighted by atomic mass is 35.5. The average molecular weight is 400 g/mol. The van der Waals surface area contributed by atoms with Gasteiger partial charge in [-0.05, 0) is 23.8 Å². The standard InChI is InChI=1S/C21H22ClN3O3/c22-17-6-7-19-18(12-17)25(15-21(27)28-19)14-20(26)24-10-8-23(9-11-24)13-16-4-2-1-3-5-16/h1-7,12H,8-11,13-15H2. The number of carbonyl (C=O) groups excluding carboxylic acids is 2. The Kier molecular flexibility index (Phi) is 5.50. The fourth-order valence-corrected chi connectivity index (χ4v) is 3.79. The maximum absolute atomic E-state index is 12.8. The molecule has 1 amide bonds. The van der Waals surface area contributed by atoms with Crippen LogP contribution in [0.1, 0.15) is 5.56 Å². The number of hydrogen-bond donors (Lipinski definition) is 0. The van der Waals surface area contributed by atoms with Crippen molar-refractivity contribution in [3.63, 3.8) is 0 Å². The minimum Gasteiger partial charge on any atom is -0.423 e. The van der Waals surface area contributed by atoms with Gasteiger partial charge in [-0.25, -0.2) is 4.79 Å². The first-order chi connectivity index (χ1) is 13.6. The van der Waals surface area contributed by atoms with Gasteiger partial charge in [-0.2, -0.15) is 0 Å². The third-order valence-electron chi connectivity index (χ3n) is 5.11. The quantitative estimate of drug-likeness (QED) is 0.583. The van der Waals surface area contributed by atoms with E-state index in [4.69, 9.17) is 16.3 Å². The van der Waals surface area contributed by atoms with Crippen molar-refractivity contribution in [3.05, 3.63) is 59.1 Å². The van der Waals surface area contributed by atoms with Crippen molar-refractivity contribution in [3.8, 4) is 5.75 Å². The Morgan fingerprint density at radius 1 is 1.04 bits per heavy atom. The van der Waals surface area contributed by atoms with Gasteiger partial charge < -0.3 is 14.5 Å². The molecule has 0 aliphatic carbocycles. The minimum absolute atomic E-state index is 0.0139. The topological polar surface area (TPSA) is 53.1 Å². The number of benzene rings is 2. The molecule has 0 radical (unpaired) electrons. The van der Waals surface area contributed by atoms with E-state index in [9.17, 15) is 9.59 Å². The van der Waals surface area contributed by atoms with E-state index in [1.54, 1.807) is 23.1 Å². The second-order valence-electron chi connectivity index (χ2n) is 7.08. The fourth-order valence-electron chi connectivity index (χ4n) is 3.62. The van der Waals surface area contributed by atoms with Crippen LogP contribution in [0, 0.1) is 0 Å². The molecule has 2 aliphatic heterocycles. The van der Waals surface area contributed by atoms with E-state index < -0.39 is 0 Å². The maximum atomic E-state index is 12.8. The number of piperazine rings is 1. The second-order valence-corrected chi connectivity index (χ2v) is 7.52. The number of halogens is 1. The first-order valence-corrected chi connectivity index (χ1v) is 9.75. The lowest BCUT2D eigenvalue weighted by molar-refractivity contribution is -0.134. The van der Waals surface area contributed by atoms with Crippen molar-refractivity contribution >= 4 is 29.2 Å². The van der Waals surface area contributed by atoms with Crippen molar-refractivity contribution in [1.82, 2.24) is 9.80 Å². The van der Waals surface area contributed by atoms with Crippen LogP contribution in [0.25, 0.3) is 0 Å². The van der Waals surface area contributed by atoms with Crippen LogP contribution in [-0.2, 0) is 16.1 Å². The predicted molar refractivity (Wildman–Crippen MR) is 108 cm³/mol. The number of hydrogen-bond acceptors (Lipinski definition) is 5. The van der Waals surface area contributed by atoms with Gasteiger partial charge in [0.25, 0.3) is 0 Å². The number of carbonyl (C=O) groups is 2. The SMILES string of the molecule is O=C1CN(CC(=O)N2CCN(Cc3ccccc3)CC2)c2cc(Cl)ccc2O1. The summed E-state index contributed by atoms with van der Waals surface area (Å²) in [7, 11) is 0. The smallest absolute Gasteiger partial charge is 0.331 e. The summed E-state index contributed by atoms with van der Waals surface area (Å²) in [5.41, 5.74) is 1.96. The van der Waals surface area contributed by atoms with E-state index in [-0.39, 0.29) is 25.0 Å². The van der Waals surface area contributed by atoms with E-state index in [2.05, 4.69) is 17.0 Å². The van der Waals surface area contributed by atoms with Gasteiger partial charge in [0, 0.05) is 37.7 Å². The van der Waals surface area contributed by atoms with E-state index in [0.29, 0.717) is 29.5 Å². The van der Waals surface area contributed by atoms with Crippen molar-refractivity contribution in [1.29, 1.82) is 0 Å². The lowest BCUT2D eigenvalue weighted by Gasteiger charge is -2.36. The molecule has 0 spiro atoms. The molecule has 146 valence electrons. The number of fused-ring (bicyclic) bond motifs is 1. The first kappa shape index (κ1) is 18.8. The molecular formula is C21H22ClN3O3. The molecule has 0 unspecified atom stereocenters. The zero-order valence-electron chi connectivity index (χ0n) is 15.5. The lowest BCUT2D eigenvalue weighted by Crippen LogP contribution is -2.52. The Balaban J connectivity index is 1.35. The van der Waals surface area contributed by atoms with Crippen LogP contribution in [0.5, 0.6) is 5.75 Å². The molecule has 2 aliphatic rings. The Morgan fingerprint density at radius 2 is 1.79 bits per heavy atom. The number of rotatable bonds is 4. The molecule has 0 N–H and O–H groups in total. The lowest BCUT2D eigenvalue weighted by atomic mass is 10.2. The Hall–Kier alpha value is -2.57. The van der Waals surface area contributed by atoms with Crippen molar-refractivity contribution in [2.24, 2.45) is 0 Å². The molecule has 0 atom stereocenters. The highest BCUT2D eigenvalue weighted by molar-refractivity contribution is 6.31. The highest BCUT2D eigenvalue weighted by Crippen LogP contribution is 2.34. The van der Waals surface area contributed by atoms with E-state index >= 15 is 0 Å². The molecule has 0 aromatic heterocycles. The van der Waals surface area contributed by atoms with Crippen LogP contribution in [0.3, 0.4) is 0 Å². The highest BCUT2D eigenvalue weighted by Gasteiger charge is 2.28. The van der Waals surface area contributed by atoms with Crippen molar-refractivity contribution in [2.75, 3.05) is 44.2 Å². The molecule has 1 fully saturated rings. The molecule has 1 saturated heterocycles. The Morgan fingerprint density at radius 3 is 2.54 bits per heavy atom. The van der Waals surface area contributed by atoms with Gasteiger partial charge in [-0.3, -0.25) is 9.69 Å². The molecule has 28 heavy (non-hydrogen) atoms. The number of anilines is 1. The van der Waals surface area contributed by atoms with Gasteiger partial charge in [-0.15, -0.1) is 0 Å². The Bertz CT molecular complexity index is 866. The summed E-state index contributed by atoms with van der Waals surface area (Å²) in [6, 6.07) is 15.4. The molecule has 2 aromatic rings.